The van der Waals surface area contributed by atoms with Gasteiger partial charge in [0.2, 0.25) is 12.2 Å². The number of carboxylic acids is 2. The molecule has 0 heterocycles. The number of carboxylic acid groups (broad SMARTS) is 2. The molecule has 0 aliphatic carbocycles. The van der Waals surface area contributed by atoms with Crippen LogP contribution in [0.2, 0.25) is 0 Å². The zero-order valence-corrected chi connectivity index (χ0v) is 15.7. The molecular formula is C18H24N2O8. The second-order valence-electron chi connectivity index (χ2n) is 5.35. The smallest absolute Gasteiger partial charge is 0.303 e. The molecular weight excluding hydrogens is 372 g/mol. The van der Waals surface area contributed by atoms with Crippen LogP contribution in [0.15, 0.2) is 28.2 Å². The lowest BCUT2D eigenvalue weighted by Crippen LogP contribution is -2.03. The van der Waals surface area contributed by atoms with Crippen LogP contribution in [0.1, 0.15) is 38.2 Å². The first-order chi connectivity index (χ1) is 13.2. The summed E-state index contributed by atoms with van der Waals surface area (Å²) in [5.74, 6) is -1.74. The first kappa shape index (κ1) is 27.1. The number of rotatable bonds is 8. The van der Waals surface area contributed by atoms with E-state index in [1.807, 2.05) is 0 Å². The van der Waals surface area contributed by atoms with E-state index >= 15 is 0 Å². The summed E-state index contributed by atoms with van der Waals surface area (Å²) in [7, 11) is 0. The van der Waals surface area contributed by atoms with E-state index in [0.29, 0.717) is 29.8 Å². The summed E-state index contributed by atoms with van der Waals surface area (Å²) >= 11 is 0. The predicted molar refractivity (Wildman–Crippen MR) is 99.2 cm³/mol. The average molecular weight is 396 g/mol. The van der Waals surface area contributed by atoms with Gasteiger partial charge in [0.15, 0.2) is 0 Å². The summed E-state index contributed by atoms with van der Waals surface area (Å²) in [5, 5.41) is 32.3. The number of aliphatic hydroxyl groups is 2. The minimum atomic E-state index is -0.870. The van der Waals surface area contributed by atoms with Gasteiger partial charge in [-0.05, 0) is 38.8 Å². The number of carbonyl (C=O) groups excluding carboxylic acids is 2. The van der Waals surface area contributed by atoms with E-state index in [4.69, 9.17) is 20.4 Å². The molecule has 0 amide bonds. The van der Waals surface area contributed by atoms with Crippen molar-refractivity contribution in [1.82, 2.24) is 0 Å². The Labute approximate surface area is 161 Å². The van der Waals surface area contributed by atoms with Crippen molar-refractivity contribution in [3.8, 4) is 0 Å². The first-order valence-electron chi connectivity index (χ1n) is 8.17. The highest BCUT2D eigenvalue weighted by Crippen LogP contribution is 2.26. The van der Waals surface area contributed by atoms with Crippen molar-refractivity contribution in [3.05, 3.63) is 23.8 Å². The third-order valence-electron chi connectivity index (χ3n) is 2.90. The number of hydrogen-bond donors (Lipinski definition) is 4. The summed E-state index contributed by atoms with van der Waals surface area (Å²) in [5.41, 5.74) is 1.59. The predicted octanol–water partition coefficient (Wildman–Crippen LogP) is 2.01. The Bertz CT molecular complexity index is 653. The molecule has 28 heavy (non-hydrogen) atoms. The lowest BCUT2D eigenvalue weighted by Gasteiger charge is -1.99. The number of nitrogens with zero attached hydrogens (tertiary/aromatic N) is 2. The van der Waals surface area contributed by atoms with Crippen molar-refractivity contribution in [2.24, 2.45) is 9.98 Å². The molecule has 0 saturated heterocycles. The zero-order chi connectivity index (χ0) is 21.9. The number of hydrogen-bond acceptors (Lipinski definition) is 8. The third-order valence-corrected chi connectivity index (χ3v) is 2.90. The fraction of sp³-hybridized carbons (Fsp3) is 0.444. The minimum Gasteiger partial charge on any atom is -0.481 e. The van der Waals surface area contributed by atoms with Gasteiger partial charge < -0.3 is 20.4 Å². The highest BCUT2D eigenvalue weighted by molar-refractivity contribution is 5.68. The van der Waals surface area contributed by atoms with Crippen LogP contribution in [-0.4, -0.2) is 57.2 Å². The van der Waals surface area contributed by atoms with Crippen molar-refractivity contribution in [3.63, 3.8) is 0 Å². The largest absolute Gasteiger partial charge is 0.481 e. The molecule has 1 aromatic rings. The Morgan fingerprint density at radius 2 is 1.36 bits per heavy atom. The molecule has 154 valence electrons. The van der Waals surface area contributed by atoms with Crippen molar-refractivity contribution >= 4 is 35.5 Å². The van der Waals surface area contributed by atoms with Crippen LogP contribution in [0.5, 0.6) is 0 Å². The van der Waals surface area contributed by atoms with Crippen molar-refractivity contribution < 1.29 is 39.6 Å². The van der Waals surface area contributed by atoms with Crippen LogP contribution in [0.4, 0.5) is 11.4 Å². The Balaban J connectivity index is 0. The second kappa shape index (κ2) is 17.3. The monoisotopic (exact) mass is 396 g/mol. The van der Waals surface area contributed by atoms with Gasteiger partial charge in [0.25, 0.3) is 0 Å². The molecule has 0 saturated carbocycles. The summed E-state index contributed by atoms with van der Waals surface area (Å²) in [6, 6.07) is 4.94. The zero-order valence-electron chi connectivity index (χ0n) is 15.7. The molecule has 0 spiro atoms. The second-order valence-corrected chi connectivity index (χ2v) is 5.35. The molecule has 0 aliphatic rings. The number of isocyanates is 2. The van der Waals surface area contributed by atoms with Gasteiger partial charge in [-0.3, -0.25) is 9.59 Å². The lowest BCUT2D eigenvalue weighted by molar-refractivity contribution is -0.139. The summed E-state index contributed by atoms with van der Waals surface area (Å²) in [6.07, 6.45) is 3.32. The van der Waals surface area contributed by atoms with Gasteiger partial charge in [0, 0.05) is 18.4 Å². The molecule has 10 heteroatoms. The van der Waals surface area contributed by atoms with Crippen molar-refractivity contribution in [2.45, 2.75) is 45.6 Å². The number of aliphatic hydroxyl groups excluding tert-OH is 2. The van der Waals surface area contributed by atoms with Crippen LogP contribution in [-0.2, 0) is 19.2 Å². The molecule has 1 atom stereocenters. The van der Waals surface area contributed by atoms with Crippen LogP contribution < -0.4 is 0 Å². The van der Waals surface area contributed by atoms with Gasteiger partial charge in [0.05, 0.1) is 24.1 Å². The molecule has 0 aliphatic heterocycles. The van der Waals surface area contributed by atoms with E-state index in [1.165, 1.54) is 19.1 Å². The fourth-order valence-corrected chi connectivity index (χ4v) is 1.50. The maximum absolute atomic E-state index is 10.00. The van der Waals surface area contributed by atoms with Crippen molar-refractivity contribution in [1.29, 1.82) is 0 Å². The SMILES string of the molecule is C[C@H](O)CO.Cc1c(N=C=O)cccc1N=C=O.O=C(O)CCCCC(=O)O. The number of unbranched alkanes of at least 4 members (excludes halogenated alkanes) is 1. The van der Waals surface area contributed by atoms with Gasteiger partial charge >= 0.3 is 11.9 Å². The number of carbonyl (C=O) groups is 2. The van der Waals surface area contributed by atoms with Gasteiger partial charge in [-0.2, -0.15) is 9.98 Å². The van der Waals surface area contributed by atoms with Gasteiger partial charge in [0.1, 0.15) is 0 Å². The van der Waals surface area contributed by atoms with E-state index in [2.05, 4.69) is 9.98 Å². The summed E-state index contributed by atoms with van der Waals surface area (Å²) in [6.45, 7) is 3.10. The van der Waals surface area contributed by atoms with Crippen LogP contribution in [0.25, 0.3) is 0 Å². The quantitative estimate of drug-likeness (QED) is 0.293. The van der Waals surface area contributed by atoms with Gasteiger partial charge in [-0.25, -0.2) is 9.59 Å². The lowest BCUT2D eigenvalue weighted by atomic mass is 10.1. The van der Waals surface area contributed by atoms with Gasteiger partial charge in [-0.1, -0.05) is 6.07 Å². The Morgan fingerprint density at radius 1 is 1.00 bits per heavy atom. The Morgan fingerprint density at radius 3 is 1.61 bits per heavy atom. The van der Waals surface area contributed by atoms with E-state index in [9.17, 15) is 19.2 Å². The van der Waals surface area contributed by atoms with Crippen LogP contribution >= 0.6 is 0 Å². The number of aliphatic carboxylic acids is 2. The first-order valence-corrected chi connectivity index (χ1v) is 8.17. The summed E-state index contributed by atoms with van der Waals surface area (Å²) in [4.78, 5) is 46.7. The van der Waals surface area contributed by atoms with E-state index in [1.54, 1.807) is 25.1 Å². The highest BCUT2D eigenvalue weighted by atomic mass is 16.4. The molecule has 0 unspecified atom stereocenters. The number of aliphatic imine (C=N–C) groups is 2. The maximum Gasteiger partial charge on any atom is 0.303 e. The molecule has 1 aromatic carbocycles. The average Bonchev–Trinajstić information content (AvgIpc) is 2.63. The van der Waals surface area contributed by atoms with Crippen molar-refractivity contribution in [2.75, 3.05) is 6.61 Å². The van der Waals surface area contributed by atoms with E-state index in [0.717, 1.165) is 0 Å². The maximum atomic E-state index is 10.00. The standard InChI is InChI=1S/C9H6N2O2.C6H10O4.C3H8O2/c1-7-8(10-5-12)3-2-4-9(7)11-6-13;7-5(8)3-1-2-4-6(9)10;1-3(5)2-4/h2-4H,1H3;1-4H2,(H,7,8)(H,9,10);3-5H,2H2,1H3/t;;3-/m..0/s1. The molecule has 4 N–H and O–H groups in total. The van der Waals surface area contributed by atoms with Crippen LogP contribution in [0, 0.1) is 6.92 Å². The van der Waals surface area contributed by atoms with E-state index in [-0.39, 0.29) is 19.4 Å². The van der Waals surface area contributed by atoms with Crippen LogP contribution in [0.3, 0.4) is 0 Å². The summed E-state index contributed by atoms with van der Waals surface area (Å²) < 4.78 is 0. The van der Waals surface area contributed by atoms with E-state index < -0.39 is 18.0 Å². The van der Waals surface area contributed by atoms with Gasteiger partial charge in [-0.15, -0.1) is 0 Å². The topological polar surface area (TPSA) is 174 Å². The Hall–Kier alpha value is -3.16. The normalized spacial score (nSPS) is 9.86. The molecule has 1 rings (SSSR count). The number of benzene rings is 1. The molecule has 0 radical (unpaired) electrons. The fourth-order valence-electron chi connectivity index (χ4n) is 1.50. The minimum absolute atomic E-state index is 0.0628. The Kier molecular flexibility index (Phi) is 16.7. The molecule has 0 aromatic heterocycles. The molecule has 0 bridgehead atoms. The molecule has 0 fully saturated rings. The third kappa shape index (κ3) is 16.3. The highest BCUT2D eigenvalue weighted by Gasteiger charge is 2.01. The molecule has 10 nitrogen and oxygen atoms in total.